The van der Waals surface area contributed by atoms with Crippen LogP contribution in [-0.4, -0.2) is 34.2 Å². The summed E-state index contributed by atoms with van der Waals surface area (Å²) in [4.78, 5) is 12.1. The van der Waals surface area contributed by atoms with Crippen molar-refractivity contribution in [2.75, 3.05) is 13.7 Å². The standard InChI is InChI=1S/C24H24ClN3O5S/c1-17-3-10-21(11-4-17)34(30,31)27-15-24(29)28-26-14-19-7-12-22(23(13-19)32-2)33-16-18-5-8-20(25)9-6-18/h3-14,27H,15-16H2,1-2H3,(H,28,29)/b26-14+. The molecule has 0 bridgehead atoms. The van der Waals surface area contributed by atoms with E-state index in [0.29, 0.717) is 28.7 Å². The van der Waals surface area contributed by atoms with Crippen molar-refractivity contribution in [3.63, 3.8) is 0 Å². The molecule has 0 aliphatic carbocycles. The van der Waals surface area contributed by atoms with Gasteiger partial charge in [0.25, 0.3) is 5.91 Å². The van der Waals surface area contributed by atoms with E-state index in [9.17, 15) is 13.2 Å². The molecule has 0 aliphatic rings. The fourth-order valence-corrected chi connectivity index (χ4v) is 3.91. The smallest absolute Gasteiger partial charge is 0.255 e. The molecule has 2 N–H and O–H groups in total. The van der Waals surface area contributed by atoms with Crippen LogP contribution in [0.2, 0.25) is 5.02 Å². The molecule has 0 aromatic heterocycles. The molecule has 0 fully saturated rings. The van der Waals surface area contributed by atoms with E-state index in [1.807, 2.05) is 19.1 Å². The molecule has 0 heterocycles. The van der Waals surface area contributed by atoms with E-state index in [-0.39, 0.29) is 4.90 Å². The van der Waals surface area contributed by atoms with Gasteiger partial charge in [0.1, 0.15) is 6.61 Å². The van der Waals surface area contributed by atoms with Crippen molar-refractivity contribution in [1.82, 2.24) is 10.1 Å². The molecule has 34 heavy (non-hydrogen) atoms. The van der Waals surface area contributed by atoms with Crippen LogP contribution in [-0.2, 0) is 21.4 Å². The van der Waals surface area contributed by atoms with Crippen LogP contribution in [0.15, 0.2) is 76.7 Å². The first-order valence-electron chi connectivity index (χ1n) is 10.2. The fourth-order valence-electron chi connectivity index (χ4n) is 2.81. The van der Waals surface area contributed by atoms with Gasteiger partial charge in [-0.3, -0.25) is 4.79 Å². The second-order valence-electron chi connectivity index (χ2n) is 7.26. The highest BCUT2D eigenvalue weighted by Crippen LogP contribution is 2.28. The van der Waals surface area contributed by atoms with Crippen LogP contribution < -0.4 is 19.6 Å². The number of halogens is 1. The number of carbonyl (C=O) groups is 1. The van der Waals surface area contributed by atoms with Crippen molar-refractivity contribution in [3.05, 3.63) is 88.4 Å². The maximum Gasteiger partial charge on any atom is 0.255 e. The number of rotatable bonds is 10. The third kappa shape index (κ3) is 7.31. The molecule has 1 amide bonds. The normalized spacial score (nSPS) is 11.4. The van der Waals surface area contributed by atoms with E-state index in [2.05, 4.69) is 15.2 Å². The Labute approximate surface area is 203 Å². The topological polar surface area (TPSA) is 106 Å². The van der Waals surface area contributed by atoms with Crippen molar-refractivity contribution in [2.24, 2.45) is 5.10 Å². The summed E-state index contributed by atoms with van der Waals surface area (Å²) in [5, 5.41) is 4.52. The first-order valence-corrected chi connectivity index (χ1v) is 12.1. The van der Waals surface area contributed by atoms with Crippen molar-refractivity contribution in [2.45, 2.75) is 18.4 Å². The summed E-state index contributed by atoms with van der Waals surface area (Å²) in [7, 11) is -2.27. The van der Waals surface area contributed by atoms with E-state index in [4.69, 9.17) is 21.1 Å². The monoisotopic (exact) mass is 501 g/mol. The minimum absolute atomic E-state index is 0.0832. The lowest BCUT2D eigenvalue weighted by molar-refractivity contribution is -0.119. The summed E-state index contributed by atoms with van der Waals surface area (Å²) in [6, 6.07) is 18.8. The average Bonchev–Trinajstić information content (AvgIpc) is 2.83. The van der Waals surface area contributed by atoms with E-state index in [1.165, 1.54) is 25.5 Å². The lowest BCUT2D eigenvalue weighted by Gasteiger charge is -2.11. The Bertz CT molecular complexity index is 1260. The minimum atomic E-state index is -3.79. The van der Waals surface area contributed by atoms with Crippen molar-refractivity contribution >= 4 is 33.7 Å². The van der Waals surface area contributed by atoms with E-state index < -0.39 is 22.5 Å². The van der Waals surface area contributed by atoms with Crippen LogP contribution in [0.5, 0.6) is 11.5 Å². The third-order valence-electron chi connectivity index (χ3n) is 4.65. The Morgan fingerprint density at radius 1 is 1.03 bits per heavy atom. The predicted molar refractivity (Wildman–Crippen MR) is 131 cm³/mol. The Morgan fingerprint density at radius 2 is 1.74 bits per heavy atom. The summed E-state index contributed by atoms with van der Waals surface area (Å²) in [6.45, 7) is 1.75. The Balaban J connectivity index is 1.52. The number of hydrogen-bond donors (Lipinski definition) is 2. The Morgan fingerprint density at radius 3 is 2.41 bits per heavy atom. The number of nitrogens with one attached hydrogen (secondary N) is 2. The van der Waals surface area contributed by atoms with E-state index in [0.717, 1.165) is 11.1 Å². The number of benzene rings is 3. The maximum atomic E-state index is 12.2. The van der Waals surface area contributed by atoms with Crippen LogP contribution in [0.25, 0.3) is 0 Å². The van der Waals surface area contributed by atoms with Gasteiger partial charge in [-0.05, 0) is 60.5 Å². The molecule has 0 atom stereocenters. The zero-order valence-corrected chi connectivity index (χ0v) is 20.2. The van der Waals surface area contributed by atoms with Gasteiger partial charge < -0.3 is 9.47 Å². The summed E-state index contributed by atoms with van der Waals surface area (Å²) < 4.78 is 37.9. The summed E-state index contributed by atoms with van der Waals surface area (Å²) in [5.41, 5.74) is 4.83. The van der Waals surface area contributed by atoms with Gasteiger partial charge >= 0.3 is 0 Å². The van der Waals surface area contributed by atoms with Gasteiger partial charge in [0, 0.05) is 5.02 Å². The number of hydrazone groups is 1. The van der Waals surface area contributed by atoms with Crippen molar-refractivity contribution < 1.29 is 22.7 Å². The molecule has 3 aromatic rings. The number of methoxy groups -OCH3 is 1. The zero-order chi connectivity index (χ0) is 24.6. The highest BCUT2D eigenvalue weighted by molar-refractivity contribution is 7.89. The number of amides is 1. The summed E-state index contributed by atoms with van der Waals surface area (Å²) in [5.74, 6) is 0.432. The number of hydrogen-bond acceptors (Lipinski definition) is 6. The van der Waals surface area contributed by atoms with E-state index >= 15 is 0 Å². The van der Waals surface area contributed by atoms with Crippen molar-refractivity contribution in [1.29, 1.82) is 0 Å². The van der Waals surface area contributed by atoms with Crippen LogP contribution in [0.4, 0.5) is 0 Å². The molecule has 3 rings (SSSR count). The molecule has 178 valence electrons. The second-order valence-corrected chi connectivity index (χ2v) is 9.46. The first kappa shape index (κ1) is 25.2. The Kier molecular flexibility index (Phi) is 8.64. The third-order valence-corrected chi connectivity index (χ3v) is 6.32. The molecule has 0 aliphatic heterocycles. The highest BCUT2D eigenvalue weighted by atomic mass is 35.5. The SMILES string of the molecule is COc1cc(/C=N/NC(=O)CNS(=O)(=O)c2ccc(C)cc2)ccc1OCc1ccc(Cl)cc1. The molecule has 10 heteroatoms. The fraction of sp³-hybridized carbons (Fsp3) is 0.167. The van der Waals surface area contributed by atoms with Gasteiger partial charge in [-0.15, -0.1) is 0 Å². The average molecular weight is 502 g/mol. The largest absolute Gasteiger partial charge is 0.493 e. The number of sulfonamides is 1. The van der Waals surface area contributed by atoms with Gasteiger partial charge in [0.05, 0.1) is 24.8 Å². The molecular weight excluding hydrogens is 478 g/mol. The zero-order valence-electron chi connectivity index (χ0n) is 18.6. The first-order chi connectivity index (χ1) is 16.3. The molecule has 0 saturated heterocycles. The van der Waals surface area contributed by atoms with Gasteiger partial charge in [0.15, 0.2) is 11.5 Å². The molecule has 0 unspecified atom stereocenters. The highest BCUT2D eigenvalue weighted by Gasteiger charge is 2.15. The van der Waals surface area contributed by atoms with Crippen molar-refractivity contribution in [3.8, 4) is 11.5 Å². The summed E-state index contributed by atoms with van der Waals surface area (Å²) in [6.07, 6.45) is 1.41. The number of nitrogens with zero attached hydrogens (tertiary/aromatic N) is 1. The lowest BCUT2D eigenvalue weighted by atomic mass is 10.2. The van der Waals surface area contributed by atoms with Gasteiger partial charge in [-0.25, -0.2) is 18.6 Å². The molecule has 3 aromatic carbocycles. The Hall–Kier alpha value is -3.40. The van der Waals surface area contributed by atoms with Crippen LogP contribution >= 0.6 is 11.6 Å². The predicted octanol–water partition coefficient (Wildman–Crippen LogP) is 3.66. The lowest BCUT2D eigenvalue weighted by Crippen LogP contribution is -2.34. The molecule has 0 saturated carbocycles. The minimum Gasteiger partial charge on any atom is -0.493 e. The number of aryl methyl sites for hydroxylation is 1. The van der Waals surface area contributed by atoms with Gasteiger partial charge in [0.2, 0.25) is 10.0 Å². The van der Waals surface area contributed by atoms with Gasteiger partial charge in [-0.2, -0.15) is 5.10 Å². The van der Waals surface area contributed by atoms with Crippen LogP contribution in [0.1, 0.15) is 16.7 Å². The molecular formula is C24H24ClN3O5S. The van der Waals surface area contributed by atoms with Crippen LogP contribution in [0, 0.1) is 6.92 Å². The molecule has 8 nitrogen and oxygen atoms in total. The van der Waals surface area contributed by atoms with E-state index in [1.54, 1.807) is 42.5 Å². The quantitative estimate of drug-likeness (QED) is 0.326. The maximum absolute atomic E-state index is 12.2. The second kappa shape index (κ2) is 11.6. The van der Waals surface area contributed by atoms with Crippen LogP contribution in [0.3, 0.4) is 0 Å². The number of ether oxygens (including phenoxy) is 2. The van der Waals surface area contributed by atoms with Gasteiger partial charge in [-0.1, -0.05) is 41.4 Å². The molecule has 0 radical (unpaired) electrons. The number of carbonyl (C=O) groups excluding carboxylic acids is 1. The summed E-state index contributed by atoms with van der Waals surface area (Å²) >= 11 is 5.89. The molecule has 0 spiro atoms.